The fourth-order valence-electron chi connectivity index (χ4n) is 3.22. The van der Waals surface area contributed by atoms with Gasteiger partial charge in [-0.05, 0) is 53.9 Å². The van der Waals surface area contributed by atoms with Crippen molar-refractivity contribution in [3.8, 4) is 22.8 Å². The maximum atomic E-state index is 11.4. The molecule has 0 bridgehead atoms. The topological polar surface area (TPSA) is 74.4 Å². The number of carbonyl (C=O) groups excluding carboxylic acids is 1. The van der Waals surface area contributed by atoms with Crippen molar-refractivity contribution in [1.82, 2.24) is 4.98 Å². The number of primary amides is 1. The Morgan fingerprint density at radius 1 is 1.19 bits per heavy atom. The van der Waals surface area contributed by atoms with Crippen molar-refractivity contribution in [2.45, 2.75) is 20.0 Å². The Balaban J connectivity index is 1.51. The summed E-state index contributed by atoms with van der Waals surface area (Å²) in [7, 11) is 0. The zero-order valence-corrected chi connectivity index (χ0v) is 15.1. The maximum Gasteiger partial charge on any atom is 0.248 e. The van der Waals surface area contributed by atoms with Gasteiger partial charge < -0.3 is 15.2 Å². The minimum atomic E-state index is -0.424. The molecule has 136 valence electrons. The molecule has 5 heteroatoms. The van der Waals surface area contributed by atoms with E-state index in [0.29, 0.717) is 12.2 Å². The van der Waals surface area contributed by atoms with E-state index in [0.717, 1.165) is 46.9 Å². The first-order valence-corrected chi connectivity index (χ1v) is 8.84. The molecule has 1 aliphatic rings. The van der Waals surface area contributed by atoms with E-state index in [2.05, 4.69) is 11.1 Å². The molecule has 3 aromatic rings. The van der Waals surface area contributed by atoms with Gasteiger partial charge in [-0.2, -0.15) is 0 Å². The van der Waals surface area contributed by atoms with Gasteiger partial charge in [0.15, 0.2) is 0 Å². The van der Waals surface area contributed by atoms with Crippen LogP contribution in [-0.2, 0) is 13.0 Å². The molecule has 4 rings (SSSR count). The van der Waals surface area contributed by atoms with E-state index in [1.165, 1.54) is 5.56 Å². The van der Waals surface area contributed by atoms with E-state index >= 15 is 0 Å². The number of amides is 1. The van der Waals surface area contributed by atoms with Crippen LogP contribution in [0.1, 0.15) is 27.0 Å². The lowest BCUT2D eigenvalue weighted by molar-refractivity contribution is 0.0999. The van der Waals surface area contributed by atoms with Crippen LogP contribution in [0.3, 0.4) is 0 Å². The van der Waals surface area contributed by atoms with Crippen LogP contribution < -0.4 is 15.2 Å². The summed E-state index contributed by atoms with van der Waals surface area (Å²) in [4.78, 5) is 15.8. The predicted molar refractivity (Wildman–Crippen MR) is 103 cm³/mol. The van der Waals surface area contributed by atoms with E-state index in [1.807, 2.05) is 43.3 Å². The maximum absolute atomic E-state index is 11.4. The zero-order chi connectivity index (χ0) is 18.8. The molecule has 0 aliphatic carbocycles. The number of aryl methyl sites for hydroxylation is 1. The molecule has 1 aliphatic heterocycles. The lowest BCUT2D eigenvalue weighted by Gasteiger charge is -2.10. The highest BCUT2D eigenvalue weighted by Gasteiger charge is 2.13. The Hall–Kier alpha value is -3.34. The highest BCUT2D eigenvalue weighted by atomic mass is 16.5. The summed E-state index contributed by atoms with van der Waals surface area (Å²) < 4.78 is 11.5. The normalized spacial score (nSPS) is 12.3. The standard InChI is InChI=1S/C22H20N2O3/c1-14-10-17(3-5-19(14)22(23)25)20-11-15(6-8-24-20)13-27-18-4-2-16-7-9-26-21(16)12-18/h2-6,8,10-12H,7,9,13H2,1H3,(H2,23,25). The molecule has 5 nitrogen and oxygen atoms in total. The second kappa shape index (κ2) is 7.11. The Bertz CT molecular complexity index is 1010. The molecule has 0 fully saturated rings. The molecule has 0 unspecified atom stereocenters. The quantitative estimate of drug-likeness (QED) is 0.753. The van der Waals surface area contributed by atoms with Crippen LogP contribution in [0.15, 0.2) is 54.7 Å². The van der Waals surface area contributed by atoms with Gasteiger partial charge in [0.1, 0.15) is 18.1 Å². The van der Waals surface area contributed by atoms with E-state index in [-0.39, 0.29) is 0 Å². The van der Waals surface area contributed by atoms with Gasteiger partial charge >= 0.3 is 0 Å². The summed E-state index contributed by atoms with van der Waals surface area (Å²) in [5, 5.41) is 0. The summed E-state index contributed by atoms with van der Waals surface area (Å²) in [5.74, 6) is 1.27. The lowest BCUT2D eigenvalue weighted by Crippen LogP contribution is -2.12. The summed E-state index contributed by atoms with van der Waals surface area (Å²) in [5.41, 5.74) is 10.7. The number of fused-ring (bicyclic) bond motifs is 1. The number of nitrogens with zero attached hydrogens (tertiary/aromatic N) is 1. The molecular formula is C22H20N2O3. The number of nitrogens with two attached hydrogens (primary N) is 1. The molecule has 27 heavy (non-hydrogen) atoms. The van der Waals surface area contributed by atoms with Crippen LogP contribution >= 0.6 is 0 Å². The average Bonchev–Trinajstić information content (AvgIpc) is 3.14. The third kappa shape index (κ3) is 3.62. The van der Waals surface area contributed by atoms with Gasteiger partial charge in [0, 0.05) is 29.8 Å². The molecule has 1 amide bonds. The number of hydrogen-bond acceptors (Lipinski definition) is 4. The molecule has 0 saturated heterocycles. The van der Waals surface area contributed by atoms with E-state index < -0.39 is 5.91 Å². The molecule has 1 aromatic heterocycles. The summed E-state index contributed by atoms with van der Waals surface area (Å²) >= 11 is 0. The highest BCUT2D eigenvalue weighted by Crippen LogP contribution is 2.30. The number of aromatic nitrogens is 1. The SMILES string of the molecule is Cc1cc(-c2cc(COc3ccc4c(c3)OCC4)ccn2)ccc1C(N)=O. The van der Waals surface area contributed by atoms with Gasteiger partial charge in [0.05, 0.1) is 12.3 Å². The fourth-order valence-corrected chi connectivity index (χ4v) is 3.22. The minimum absolute atomic E-state index is 0.424. The van der Waals surface area contributed by atoms with E-state index in [1.54, 1.807) is 12.3 Å². The first-order valence-electron chi connectivity index (χ1n) is 8.84. The summed E-state index contributed by atoms with van der Waals surface area (Å²) in [6.07, 6.45) is 2.72. The van der Waals surface area contributed by atoms with Crippen LogP contribution in [0.2, 0.25) is 0 Å². The first kappa shape index (κ1) is 17.1. The van der Waals surface area contributed by atoms with Gasteiger partial charge in [-0.25, -0.2) is 0 Å². The third-order valence-corrected chi connectivity index (χ3v) is 4.69. The largest absolute Gasteiger partial charge is 0.493 e. The molecule has 2 aromatic carbocycles. The molecule has 0 spiro atoms. The van der Waals surface area contributed by atoms with Crippen LogP contribution in [0, 0.1) is 6.92 Å². The Morgan fingerprint density at radius 3 is 2.89 bits per heavy atom. The third-order valence-electron chi connectivity index (χ3n) is 4.69. The molecule has 0 atom stereocenters. The lowest BCUT2D eigenvalue weighted by atomic mass is 10.0. The van der Waals surface area contributed by atoms with Crippen molar-refractivity contribution in [2.24, 2.45) is 5.73 Å². The summed E-state index contributed by atoms with van der Waals surface area (Å²) in [6, 6.07) is 15.4. The second-order valence-corrected chi connectivity index (χ2v) is 6.60. The molecule has 2 heterocycles. The van der Waals surface area contributed by atoms with Gasteiger partial charge in [-0.3, -0.25) is 9.78 Å². The number of pyridine rings is 1. The Labute approximate surface area is 157 Å². The van der Waals surface area contributed by atoms with Gasteiger partial charge in [-0.1, -0.05) is 12.1 Å². The van der Waals surface area contributed by atoms with Crippen molar-refractivity contribution in [3.63, 3.8) is 0 Å². The number of rotatable bonds is 5. The highest BCUT2D eigenvalue weighted by molar-refractivity contribution is 5.94. The fraction of sp³-hybridized carbons (Fsp3) is 0.182. The van der Waals surface area contributed by atoms with Crippen molar-refractivity contribution < 1.29 is 14.3 Å². The Kier molecular flexibility index (Phi) is 4.50. The van der Waals surface area contributed by atoms with Crippen molar-refractivity contribution in [2.75, 3.05) is 6.61 Å². The zero-order valence-electron chi connectivity index (χ0n) is 15.1. The average molecular weight is 360 g/mol. The number of ether oxygens (including phenoxy) is 2. The van der Waals surface area contributed by atoms with Crippen molar-refractivity contribution in [1.29, 1.82) is 0 Å². The van der Waals surface area contributed by atoms with Crippen molar-refractivity contribution >= 4 is 5.91 Å². The van der Waals surface area contributed by atoms with Crippen LogP contribution in [0.25, 0.3) is 11.3 Å². The molecule has 0 radical (unpaired) electrons. The van der Waals surface area contributed by atoms with Crippen LogP contribution in [0.5, 0.6) is 11.5 Å². The number of benzene rings is 2. The van der Waals surface area contributed by atoms with Gasteiger partial charge in [-0.15, -0.1) is 0 Å². The van der Waals surface area contributed by atoms with Crippen LogP contribution in [0.4, 0.5) is 0 Å². The molecular weight excluding hydrogens is 340 g/mol. The predicted octanol–water partition coefficient (Wildman–Crippen LogP) is 3.67. The Morgan fingerprint density at radius 2 is 2.07 bits per heavy atom. The monoisotopic (exact) mass is 360 g/mol. The van der Waals surface area contributed by atoms with Crippen molar-refractivity contribution in [3.05, 3.63) is 77.0 Å². The smallest absolute Gasteiger partial charge is 0.248 e. The van der Waals surface area contributed by atoms with E-state index in [4.69, 9.17) is 15.2 Å². The molecule has 2 N–H and O–H groups in total. The van der Waals surface area contributed by atoms with Crippen LogP contribution in [-0.4, -0.2) is 17.5 Å². The van der Waals surface area contributed by atoms with E-state index in [9.17, 15) is 4.79 Å². The minimum Gasteiger partial charge on any atom is -0.493 e. The second-order valence-electron chi connectivity index (χ2n) is 6.60. The summed E-state index contributed by atoms with van der Waals surface area (Å²) in [6.45, 7) is 3.04. The number of carbonyl (C=O) groups is 1. The van der Waals surface area contributed by atoms with Gasteiger partial charge in [0.2, 0.25) is 5.91 Å². The number of hydrogen-bond donors (Lipinski definition) is 1. The first-order chi connectivity index (χ1) is 13.1. The molecule has 0 saturated carbocycles. The van der Waals surface area contributed by atoms with Gasteiger partial charge in [0.25, 0.3) is 0 Å².